The van der Waals surface area contributed by atoms with E-state index in [0.29, 0.717) is 5.71 Å². The number of anilines is 1. The zero-order chi connectivity index (χ0) is 10.4. The van der Waals surface area contributed by atoms with Crippen LogP contribution in [0.3, 0.4) is 0 Å². The first kappa shape index (κ1) is 10.2. The molecule has 14 heavy (non-hydrogen) atoms. The summed E-state index contributed by atoms with van der Waals surface area (Å²) in [4.78, 5) is 10.5. The van der Waals surface area contributed by atoms with Crippen LogP contribution in [-0.2, 0) is 4.79 Å². The number of carbonyl (C=O) groups is 1. The summed E-state index contributed by atoms with van der Waals surface area (Å²) in [7, 11) is 0. The lowest BCUT2D eigenvalue weighted by molar-refractivity contribution is -0.116. The summed E-state index contributed by atoms with van der Waals surface area (Å²) in [5, 5.41) is 4.00. The molecule has 74 valence electrons. The molecule has 0 aliphatic carbocycles. The fourth-order valence-corrected chi connectivity index (χ4v) is 0.964. The van der Waals surface area contributed by atoms with Gasteiger partial charge in [0.2, 0.25) is 5.91 Å². The molecule has 0 saturated heterocycles. The normalized spacial score (nSPS) is 11.1. The van der Waals surface area contributed by atoms with E-state index in [4.69, 9.17) is 5.73 Å². The zero-order valence-electron chi connectivity index (χ0n) is 8.03. The quantitative estimate of drug-likeness (QED) is 0.557. The molecular weight excluding hydrogens is 178 g/mol. The molecule has 0 heterocycles. The monoisotopic (exact) mass is 191 g/mol. The molecule has 1 aromatic rings. The Bertz CT molecular complexity index is 332. The highest BCUT2D eigenvalue weighted by Gasteiger charge is 1.96. The number of hydrazone groups is 1. The van der Waals surface area contributed by atoms with Crippen LogP contribution in [0.25, 0.3) is 0 Å². The summed E-state index contributed by atoms with van der Waals surface area (Å²) in [5.41, 5.74) is 9.40. The van der Waals surface area contributed by atoms with Crippen LogP contribution in [0.4, 0.5) is 5.69 Å². The Morgan fingerprint density at radius 3 is 2.64 bits per heavy atom. The van der Waals surface area contributed by atoms with Crippen molar-refractivity contribution in [3.8, 4) is 0 Å². The molecule has 0 atom stereocenters. The Morgan fingerprint density at radius 1 is 1.43 bits per heavy atom. The van der Waals surface area contributed by atoms with Crippen molar-refractivity contribution in [1.29, 1.82) is 0 Å². The summed E-state index contributed by atoms with van der Waals surface area (Å²) in [6.07, 6.45) is 0.180. The van der Waals surface area contributed by atoms with E-state index in [-0.39, 0.29) is 12.3 Å². The highest BCUT2D eigenvalue weighted by Crippen LogP contribution is 2.04. The number of benzene rings is 1. The number of hydrogen-bond donors (Lipinski definition) is 2. The molecule has 3 N–H and O–H groups in total. The molecule has 0 bridgehead atoms. The zero-order valence-corrected chi connectivity index (χ0v) is 8.03. The van der Waals surface area contributed by atoms with Crippen molar-refractivity contribution in [2.75, 3.05) is 5.43 Å². The number of hydrogen-bond acceptors (Lipinski definition) is 3. The lowest BCUT2D eigenvalue weighted by atomic mass is 10.3. The third-order valence-electron chi connectivity index (χ3n) is 1.58. The SMILES string of the molecule is C/C(CC(N)=O)=N\Nc1ccccc1. The first-order valence-electron chi connectivity index (χ1n) is 4.31. The van der Waals surface area contributed by atoms with Gasteiger partial charge in [-0.2, -0.15) is 5.10 Å². The first-order chi connectivity index (χ1) is 6.68. The van der Waals surface area contributed by atoms with Crippen LogP contribution < -0.4 is 11.2 Å². The number of nitrogens with two attached hydrogens (primary N) is 1. The number of nitrogens with zero attached hydrogens (tertiary/aromatic N) is 1. The van der Waals surface area contributed by atoms with Crippen LogP contribution in [-0.4, -0.2) is 11.6 Å². The minimum Gasteiger partial charge on any atom is -0.369 e. The van der Waals surface area contributed by atoms with E-state index in [1.54, 1.807) is 6.92 Å². The summed E-state index contributed by atoms with van der Waals surface area (Å²) in [6, 6.07) is 9.51. The van der Waals surface area contributed by atoms with Gasteiger partial charge in [-0.15, -0.1) is 0 Å². The maximum absolute atomic E-state index is 10.5. The van der Waals surface area contributed by atoms with E-state index in [9.17, 15) is 4.79 Å². The van der Waals surface area contributed by atoms with Gasteiger partial charge in [-0.25, -0.2) is 0 Å². The van der Waals surface area contributed by atoms with E-state index >= 15 is 0 Å². The molecule has 0 aliphatic rings. The van der Waals surface area contributed by atoms with Gasteiger partial charge in [0.1, 0.15) is 0 Å². The van der Waals surface area contributed by atoms with Crippen LogP contribution in [0.2, 0.25) is 0 Å². The average Bonchev–Trinajstić information content (AvgIpc) is 2.15. The minimum absolute atomic E-state index is 0.180. The molecule has 0 aromatic heterocycles. The molecule has 1 aromatic carbocycles. The molecule has 0 unspecified atom stereocenters. The second-order valence-electron chi connectivity index (χ2n) is 2.97. The predicted octanol–water partition coefficient (Wildman–Crippen LogP) is 1.35. The largest absolute Gasteiger partial charge is 0.369 e. The second-order valence-corrected chi connectivity index (χ2v) is 2.97. The van der Waals surface area contributed by atoms with Crippen LogP contribution >= 0.6 is 0 Å². The van der Waals surface area contributed by atoms with Crippen molar-refractivity contribution in [3.63, 3.8) is 0 Å². The van der Waals surface area contributed by atoms with Crippen molar-refractivity contribution in [2.45, 2.75) is 13.3 Å². The molecule has 4 heteroatoms. The summed E-state index contributed by atoms with van der Waals surface area (Å²) in [5.74, 6) is -0.374. The van der Waals surface area contributed by atoms with E-state index in [0.717, 1.165) is 5.69 Å². The maximum Gasteiger partial charge on any atom is 0.223 e. The van der Waals surface area contributed by atoms with Gasteiger partial charge in [-0.1, -0.05) is 18.2 Å². The van der Waals surface area contributed by atoms with Crippen LogP contribution in [0.1, 0.15) is 13.3 Å². The van der Waals surface area contributed by atoms with E-state index in [1.807, 2.05) is 30.3 Å². The summed E-state index contributed by atoms with van der Waals surface area (Å²) in [6.45, 7) is 1.75. The average molecular weight is 191 g/mol. The molecule has 0 aliphatic heterocycles. The summed E-state index contributed by atoms with van der Waals surface area (Å²) >= 11 is 0. The number of para-hydroxylation sites is 1. The van der Waals surface area contributed by atoms with E-state index < -0.39 is 0 Å². The highest BCUT2D eigenvalue weighted by molar-refractivity contribution is 5.99. The minimum atomic E-state index is -0.374. The molecule has 0 fully saturated rings. The Kier molecular flexibility index (Phi) is 3.67. The van der Waals surface area contributed by atoms with Gasteiger partial charge < -0.3 is 5.73 Å². The molecule has 4 nitrogen and oxygen atoms in total. The standard InChI is InChI=1S/C10H13N3O/c1-8(7-10(11)14)12-13-9-5-3-2-4-6-9/h2-6,13H,7H2,1H3,(H2,11,14)/b12-8+. The maximum atomic E-state index is 10.5. The number of rotatable bonds is 4. The van der Waals surface area contributed by atoms with Crippen molar-refractivity contribution >= 4 is 17.3 Å². The Balaban J connectivity index is 2.51. The van der Waals surface area contributed by atoms with Gasteiger partial charge in [-0.3, -0.25) is 10.2 Å². The fraction of sp³-hybridized carbons (Fsp3) is 0.200. The smallest absolute Gasteiger partial charge is 0.223 e. The van der Waals surface area contributed by atoms with Crippen LogP contribution in [0.5, 0.6) is 0 Å². The van der Waals surface area contributed by atoms with Gasteiger partial charge >= 0.3 is 0 Å². The summed E-state index contributed by atoms with van der Waals surface area (Å²) < 4.78 is 0. The molecule has 0 saturated carbocycles. The van der Waals surface area contributed by atoms with Gasteiger partial charge in [0, 0.05) is 5.71 Å². The topological polar surface area (TPSA) is 67.5 Å². The third kappa shape index (κ3) is 3.71. The van der Waals surface area contributed by atoms with Gasteiger partial charge in [0.25, 0.3) is 0 Å². The van der Waals surface area contributed by atoms with Gasteiger partial charge in [0.05, 0.1) is 12.1 Å². The van der Waals surface area contributed by atoms with Crippen molar-refractivity contribution in [3.05, 3.63) is 30.3 Å². The molecular formula is C10H13N3O. The van der Waals surface area contributed by atoms with Crippen LogP contribution in [0, 0.1) is 0 Å². The molecule has 0 radical (unpaired) electrons. The lowest BCUT2D eigenvalue weighted by Crippen LogP contribution is -2.15. The van der Waals surface area contributed by atoms with Crippen molar-refractivity contribution < 1.29 is 4.79 Å². The Labute approximate surface area is 82.8 Å². The molecule has 1 rings (SSSR count). The molecule has 0 spiro atoms. The van der Waals surface area contributed by atoms with Crippen molar-refractivity contribution in [1.82, 2.24) is 0 Å². The second kappa shape index (κ2) is 5.01. The Morgan fingerprint density at radius 2 is 2.07 bits per heavy atom. The number of amides is 1. The number of primary amides is 1. The van der Waals surface area contributed by atoms with E-state index in [1.165, 1.54) is 0 Å². The van der Waals surface area contributed by atoms with Crippen molar-refractivity contribution in [2.24, 2.45) is 10.8 Å². The Hall–Kier alpha value is -1.84. The van der Waals surface area contributed by atoms with Gasteiger partial charge in [-0.05, 0) is 19.1 Å². The van der Waals surface area contributed by atoms with E-state index in [2.05, 4.69) is 10.5 Å². The van der Waals surface area contributed by atoms with Crippen LogP contribution in [0.15, 0.2) is 35.4 Å². The third-order valence-corrected chi connectivity index (χ3v) is 1.58. The number of nitrogens with one attached hydrogen (secondary N) is 1. The predicted molar refractivity (Wildman–Crippen MR) is 57.0 cm³/mol. The first-order valence-corrected chi connectivity index (χ1v) is 4.31. The molecule has 1 amide bonds. The highest BCUT2D eigenvalue weighted by atomic mass is 16.1. The van der Waals surface area contributed by atoms with Gasteiger partial charge in [0.15, 0.2) is 0 Å². The lowest BCUT2D eigenvalue weighted by Gasteiger charge is -2.00. The number of carbonyl (C=O) groups excluding carboxylic acids is 1. The fourth-order valence-electron chi connectivity index (χ4n) is 0.964.